The Bertz CT molecular complexity index is 3040. The Morgan fingerprint density at radius 1 is 0.459 bits per heavy atom. The van der Waals surface area contributed by atoms with Crippen molar-refractivity contribution in [3.05, 3.63) is 223 Å². The Kier molecular flexibility index (Phi) is 9.09. The Balaban J connectivity index is 1.24. The van der Waals surface area contributed by atoms with E-state index < -0.39 is 8.80 Å². The average molecular weight is 801 g/mol. The molecule has 0 bridgehead atoms. The predicted octanol–water partition coefficient (Wildman–Crippen LogP) is 12.3. The fourth-order valence-corrected chi connectivity index (χ4v) is 11.7. The Labute approximate surface area is 360 Å². The van der Waals surface area contributed by atoms with Gasteiger partial charge < -0.3 is 19.3 Å². The molecule has 0 amide bonds. The van der Waals surface area contributed by atoms with Gasteiger partial charge in [-0.25, -0.2) is 0 Å². The minimum atomic E-state index is -1.44. The van der Waals surface area contributed by atoms with Crippen LogP contribution in [-0.4, -0.2) is 20.1 Å². The van der Waals surface area contributed by atoms with Gasteiger partial charge in [0.1, 0.15) is 0 Å². The summed E-state index contributed by atoms with van der Waals surface area (Å²) in [5.74, 6) is 0. The third-order valence-corrected chi connectivity index (χ3v) is 14.2. The molecule has 2 aliphatic rings. The molecule has 1 aromatic heterocycles. The van der Waals surface area contributed by atoms with Crippen LogP contribution in [0.3, 0.4) is 0 Å². The molecule has 0 radical (unpaired) electrons. The molecule has 0 spiro atoms. The molecule has 3 heterocycles. The second-order valence-electron chi connectivity index (χ2n) is 16.4. The summed E-state index contributed by atoms with van der Waals surface area (Å²) in [6.07, 6.45) is 0. The SMILES string of the molecule is CC1=C(c2c([SiH](C)C)c3ccccc3n2-c2ccccc2)N(c2ccccc2)c2cccc3c2B1c1ccc(N(c2ccccc2)c2ccccc2)cc1N3c1ccccc1. The van der Waals surface area contributed by atoms with E-state index in [2.05, 4.69) is 252 Å². The molecule has 9 aromatic rings. The van der Waals surface area contributed by atoms with Crippen LogP contribution in [0.25, 0.3) is 22.3 Å². The number of nitrogens with zero attached hydrogens (tertiary/aromatic N) is 4. The number of hydrogen-bond acceptors (Lipinski definition) is 3. The summed E-state index contributed by atoms with van der Waals surface area (Å²) >= 11 is 0. The zero-order chi connectivity index (χ0) is 41.0. The number of fused-ring (bicyclic) bond motifs is 3. The van der Waals surface area contributed by atoms with Crippen molar-refractivity contribution in [3.63, 3.8) is 0 Å². The summed E-state index contributed by atoms with van der Waals surface area (Å²) in [4.78, 5) is 7.45. The van der Waals surface area contributed by atoms with Gasteiger partial charge in [-0.2, -0.15) is 0 Å². The Morgan fingerprint density at radius 3 is 1.56 bits per heavy atom. The van der Waals surface area contributed by atoms with Crippen molar-refractivity contribution >= 4 is 93.7 Å². The van der Waals surface area contributed by atoms with E-state index >= 15 is 0 Å². The normalized spacial score (nSPS) is 13.1. The van der Waals surface area contributed by atoms with Gasteiger partial charge in [-0.05, 0) is 119 Å². The highest BCUT2D eigenvalue weighted by atomic mass is 28.3. The van der Waals surface area contributed by atoms with Crippen molar-refractivity contribution in [2.24, 2.45) is 0 Å². The molecule has 0 aliphatic carbocycles. The number of hydrogen-bond donors (Lipinski definition) is 0. The molecule has 292 valence electrons. The zero-order valence-electron chi connectivity index (χ0n) is 34.7. The van der Waals surface area contributed by atoms with Crippen molar-refractivity contribution in [2.45, 2.75) is 20.0 Å². The van der Waals surface area contributed by atoms with Crippen molar-refractivity contribution in [1.82, 2.24) is 4.57 Å². The van der Waals surface area contributed by atoms with Gasteiger partial charge in [0.25, 0.3) is 0 Å². The highest BCUT2D eigenvalue weighted by molar-refractivity contribution is 6.96. The molecule has 11 rings (SSSR count). The molecule has 0 unspecified atom stereocenters. The smallest absolute Gasteiger partial charge is 0.247 e. The Hall–Kier alpha value is -7.28. The lowest BCUT2D eigenvalue weighted by molar-refractivity contribution is 1.08. The molecule has 0 fully saturated rings. The van der Waals surface area contributed by atoms with E-state index in [0.717, 1.165) is 28.4 Å². The number of anilines is 8. The third kappa shape index (κ3) is 5.97. The van der Waals surface area contributed by atoms with Gasteiger partial charge >= 0.3 is 0 Å². The van der Waals surface area contributed by atoms with Gasteiger partial charge in [-0.1, -0.05) is 140 Å². The van der Waals surface area contributed by atoms with E-state index in [1.165, 1.54) is 66.6 Å². The topological polar surface area (TPSA) is 14.7 Å². The van der Waals surface area contributed by atoms with E-state index in [1.54, 1.807) is 0 Å². The first-order valence-corrected chi connectivity index (χ1v) is 24.2. The molecule has 2 aliphatic heterocycles. The van der Waals surface area contributed by atoms with Crippen LogP contribution in [0.1, 0.15) is 12.6 Å². The second-order valence-corrected chi connectivity index (χ2v) is 19.3. The van der Waals surface area contributed by atoms with Crippen LogP contribution in [0.5, 0.6) is 0 Å². The van der Waals surface area contributed by atoms with E-state index in [9.17, 15) is 0 Å². The molecule has 61 heavy (non-hydrogen) atoms. The molecule has 6 heteroatoms. The number of allylic oxidation sites excluding steroid dienone is 1. The minimum Gasteiger partial charge on any atom is -0.311 e. The van der Waals surface area contributed by atoms with Crippen LogP contribution < -0.4 is 30.8 Å². The molecule has 0 atom stereocenters. The Morgan fingerprint density at radius 2 is 0.967 bits per heavy atom. The average Bonchev–Trinajstić information content (AvgIpc) is 3.66. The summed E-state index contributed by atoms with van der Waals surface area (Å²) in [6, 6.07) is 77.5. The minimum absolute atomic E-state index is 0.00371. The fourth-order valence-electron chi connectivity index (χ4n) is 10.0. The van der Waals surface area contributed by atoms with Crippen molar-refractivity contribution < 1.29 is 0 Å². The summed E-state index contributed by atoms with van der Waals surface area (Å²) in [7, 11) is -1.44. The van der Waals surface area contributed by atoms with Gasteiger partial charge in [0.15, 0.2) is 0 Å². The summed E-state index contributed by atoms with van der Waals surface area (Å²) in [6.45, 7) is 7.37. The van der Waals surface area contributed by atoms with Crippen LogP contribution >= 0.6 is 0 Å². The maximum absolute atomic E-state index is 2.58. The molecule has 8 aromatic carbocycles. The molecular weight excluding hydrogens is 756 g/mol. The first-order valence-electron chi connectivity index (χ1n) is 21.4. The van der Waals surface area contributed by atoms with Crippen molar-refractivity contribution in [2.75, 3.05) is 14.7 Å². The van der Waals surface area contributed by atoms with Crippen LogP contribution in [0.2, 0.25) is 13.1 Å². The van der Waals surface area contributed by atoms with Crippen LogP contribution in [0.15, 0.2) is 218 Å². The van der Waals surface area contributed by atoms with Crippen molar-refractivity contribution in [1.29, 1.82) is 0 Å². The van der Waals surface area contributed by atoms with Gasteiger partial charge in [-0.15, -0.1) is 0 Å². The summed E-state index contributed by atoms with van der Waals surface area (Å²) in [5.41, 5.74) is 18.2. The van der Waals surface area contributed by atoms with Gasteiger partial charge in [0.2, 0.25) is 6.71 Å². The first-order chi connectivity index (χ1) is 30.1. The summed E-state index contributed by atoms with van der Waals surface area (Å²) in [5, 5.41) is 2.84. The predicted molar refractivity (Wildman–Crippen MR) is 264 cm³/mol. The number of para-hydroxylation sites is 6. The fraction of sp³-hybridized carbons (Fsp3) is 0.0545. The molecule has 0 N–H and O–H groups in total. The molecule has 0 saturated carbocycles. The highest BCUT2D eigenvalue weighted by Gasteiger charge is 2.45. The van der Waals surface area contributed by atoms with Crippen LogP contribution in [0.4, 0.5) is 45.5 Å². The quantitative estimate of drug-likeness (QED) is 0.142. The lowest BCUT2D eigenvalue weighted by Crippen LogP contribution is -2.55. The summed E-state index contributed by atoms with van der Waals surface area (Å²) < 4.78 is 2.56. The lowest BCUT2D eigenvalue weighted by atomic mass is 9.33. The monoisotopic (exact) mass is 800 g/mol. The van der Waals surface area contributed by atoms with Crippen LogP contribution in [0, 0.1) is 0 Å². The van der Waals surface area contributed by atoms with Crippen molar-refractivity contribution in [3.8, 4) is 5.69 Å². The van der Waals surface area contributed by atoms with E-state index in [0.29, 0.717) is 0 Å². The maximum atomic E-state index is 2.58. The van der Waals surface area contributed by atoms with E-state index in [4.69, 9.17) is 0 Å². The highest BCUT2D eigenvalue weighted by Crippen LogP contribution is 2.48. The number of benzene rings is 8. The number of rotatable bonds is 8. The van der Waals surface area contributed by atoms with Gasteiger partial charge in [0, 0.05) is 51.2 Å². The van der Waals surface area contributed by atoms with Gasteiger partial charge in [0.05, 0.1) is 25.7 Å². The zero-order valence-corrected chi connectivity index (χ0v) is 35.8. The van der Waals surface area contributed by atoms with E-state index in [-0.39, 0.29) is 6.71 Å². The van der Waals surface area contributed by atoms with E-state index in [1.807, 2.05) is 0 Å². The van der Waals surface area contributed by atoms with Gasteiger partial charge in [-0.3, -0.25) is 0 Å². The largest absolute Gasteiger partial charge is 0.311 e. The molecule has 4 nitrogen and oxygen atoms in total. The van der Waals surface area contributed by atoms with Crippen LogP contribution in [-0.2, 0) is 0 Å². The number of aromatic nitrogens is 1. The first kappa shape index (κ1) is 36.8. The molecule has 0 saturated heterocycles. The standard InChI is InChI=1S/C55H45BN4Si/c1-39-53(54-55(61(2)3)46-32-19-20-33-48(46)59(54)43-28-15-7-16-29-43)60(44-30-17-8-18-31-44)50-35-21-34-49-52(50)56(39)47-37-36-45(38-51(47)58(49)42-26-13-6-14-27-42)57(40-22-9-4-10-23-40)41-24-11-5-12-25-41/h4-38,61H,1-3H3. The second kappa shape index (κ2) is 15.1. The third-order valence-electron chi connectivity index (χ3n) is 12.5. The molecular formula is C55H45BN4Si. The maximum Gasteiger partial charge on any atom is 0.247 e. The lowest BCUT2D eigenvalue weighted by Gasteiger charge is -2.45.